The fourth-order valence-electron chi connectivity index (χ4n) is 5.09. The van der Waals surface area contributed by atoms with Crippen LogP contribution in [0.2, 0.25) is 0 Å². The molecule has 2 fully saturated rings. The normalized spacial score (nSPS) is 26.0. The van der Waals surface area contributed by atoms with Gasteiger partial charge in [-0.05, 0) is 42.5 Å². The molecule has 0 radical (unpaired) electrons. The molecule has 2 atom stereocenters. The average Bonchev–Trinajstić information content (AvgIpc) is 3.11. The number of piperidine rings is 2. The summed E-state index contributed by atoms with van der Waals surface area (Å²) in [5.41, 5.74) is 2.32. The van der Waals surface area contributed by atoms with Gasteiger partial charge in [-0.2, -0.15) is 0 Å². The highest BCUT2D eigenvalue weighted by Crippen LogP contribution is 2.45. The molecule has 2 aliphatic rings. The van der Waals surface area contributed by atoms with E-state index in [9.17, 15) is 9.90 Å². The van der Waals surface area contributed by atoms with Crippen molar-refractivity contribution in [2.75, 3.05) is 0 Å². The van der Waals surface area contributed by atoms with Gasteiger partial charge in [-0.25, -0.2) is 9.78 Å². The van der Waals surface area contributed by atoms with Crippen LogP contribution in [0.15, 0.2) is 52.9 Å². The van der Waals surface area contributed by atoms with E-state index < -0.39 is 5.60 Å². The maximum atomic E-state index is 12.9. The van der Waals surface area contributed by atoms with Gasteiger partial charge in [0.05, 0.1) is 5.60 Å². The number of ether oxygens (including phenoxy) is 1. The van der Waals surface area contributed by atoms with Crippen LogP contribution in [0.5, 0.6) is 0 Å². The molecule has 2 saturated heterocycles. The number of rotatable bonds is 3. The third kappa shape index (κ3) is 3.45. The molecular formula is C24H26N2O4. The molecule has 1 amide bonds. The summed E-state index contributed by atoms with van der Waals surface area (Å²) >= 11 is 0. The van der Waals surface area contributed by atoms with Crippen LogP contribution in [0.4, 0.5) is 4.79 Å². The topological polar surface area (TPSA) is 75.8 Å². The molecule has 2 aromatic carbocycles. The fraction of sp³-hybridized carbons (Fsp3) is 0.417. The highest BCUT2D eigenvalue weighted by atomic mass is 16.6. The second kappa shape index (κ2) is 7.43. The Kier molecular flexibility index (Phi) is 4.74. The Labute approximate surface area is 175 Å². The number of aliphatic hydroxyl groups is 1. The van der Waals surface area contributed by atoms with Gasteiger partial charge in [0.15, 0.2) is 11.5 Å². The van der Waals surface area contributed by atoms with Crippen molar-refractivity contribution in [3.8, 4) is 0 Å². The minimum absolute atomic E-state index is 0.0273. The summed E-state index contributed by atoms with van der Waals surface area (Å²) in [7, 11) is 0. The van der Waals surface area contributed by atoms with Crippen LogP contribution in [0.25, 0.3) is 11.1 Å². The smallest absolute Gasteiger partial charge is 0.410 e. The van der Waals surface area contributed by atoms with Gasteiger partial charge in [0.2, 0.25) is 0 Å². The maximum absolute atomic E-state index is 12.9. The van der Waals surface area contributed by atoms with Crippen LogP contribution in [-0.2, 0) is 16.9 Å². The third-order valence-electron chi connectivity index (χ3n) is 6.46. The first kappa shape index (κ1) is 19.1. The van der Waals surface area contributed by atoms with E-state index in [-0.39, 0.29) is 24.8 Å². The Morgan fingerprint density at radius 2 is 1.93 bits per heavy atom. The summed E-state index contributed by atoms with van der Waals surface area (Å²) in [4.78, 5) is 19.2. The van der Waals surface area contributed by atoms with Gasteiger partial charge in [-0.1, -0.05) is 36.4 Å². The summed E-state index contributed by atoms with van der Waals surface area (Å²) in [5.74, 6) is 0.613. The number of carbonyl (C=O) groups is 1. The molecule has 0 aliphatic carbocycles. The summed E-state index contributed by atoms with van der Waals surface area (Å²) in [6, 6.07) is 15.4. The number of nitrogens with zero attached hydrogens (tertiary/aromatic N) is 2. The zero-order valence-corrected chi connectivity index (χ0v) is 17.1. The molecule has 1 N–H and O–H groups in total. The van der Waals surface area contributed by atoms with Crippen LogP contribution >= 0.6 is 0 Å². The minimum atomic E-state index is -0.979. The van der Waals surface area contributed by atoms with Crippen molar-refractivity contribution in [3.05, 3.63) is 65.5 Å². The number of amides is 1. The number of fused-ring (bicyclic) bond motifs is 3. The van der Waals surface area contributed by atoms with E-state index in [0.717, 1.165) is 41.5 Å². The van der Waals surface area contributed by atoms with Gasteiger partial charge >= 0.3 is 6.09 Å². The highest BCUT2D eigenvalue weighted by molar-refractivity contribution is 5.74. The first-order valence-corrected chi connectivity index (χ1v) is 10.6. The largest absolute Gasteiger partial charge is 0.445 e. The lowest BCUT2D eigenvalue weighted by atomic mass is 9.72. The Morgan fingerprint density at radius 1 is 1.20 bits per heavy atom. The van der Waals surface area contributed by atoms with Crippen LogP contribution in [0.3, 0.4) is 0 Å². The first-order valence-electron chi connectivity index (χ1n) is 10.6. The molecule has 5 rings (SSSR count). The minimum Gasteiger partial charge on any atom is -0.445 e. The Hall–Kier alpha value is -2.86. The van der Waals surface area contributed by atoms with Crippen LogP contribution in [0, 0.1) is 6.92 Å². The Balaban J connectivity index is 1.35. The van der Waals surface area contributed by atoms with Crippen molar-refractivity contribution in [2.24, 2.45) is 0 Å². The van der Waals surface area contributed by atoms with E-state index >= 15 is 0 Å². The Bertz CT molecular complexity index is 1050. The number of oxazole rings is 1. The molecule has 0 saturated carbocycles. The predicted octanol–water partition coefficient (Wildman–Crippen LogP) is 4.68. The number of aryl methyl sites for hydroxylation is 1. The summed E-state index contributed by atoms with van der Waals surface area (Å²) in [5, 5.41) is 11.6. The zero-order chi connectivity index (χ0) is 20.7. The van der Waals surface area contributed by atoms with E-state index in [1.807, 2.05) is 60.4 Å². The second-order valence-electron chi connectivity index (χ2n) is 8.54. The SMILES string of the molecule is Cc1nc2cc(C3(O)CC4CCCC(C3)N4C(=O)OCc3ccccc3)ccc2o1. The molecule has 2 aliphatic heterocycles. The lowest BCUT2D eigenvalue weighted by Gasteiger charge is -2.51. The van der Waals surface area contributed by atoms with Gasteiger partial charge in [0.1, 0.15) is 12.1 Å². The van der Waals surface area contributed by atoms with Gasteiger partial charge in [0, 0.05) is 31.8 Å². The molecule has 6 nitrogen and oxygen atoms in total. The number of benzene rings is 2. The first-order chi connectivity index (χ1) is 14.5. The lowest BCUT2D eigenvalue weighted by molar-refractivity contribution is -0.0895. The summed E-state index contributed by atoms with van der Waals surface area (Å²) < 4.78 is 11.2. The van der Waals surface area contributed by atoms with E-state index in [4.69, 9.17) is 9.15 Å². The molecule has 156 valence electrons. The van der Waals surface area contributed by atoms with Crippen LogP contribution in [0.1, 0.15) is 49.1 Å². The van der Waals surface area contributed by atoms with E-state index in [2.05, 4.69) is 4.98 Å². The molecule has 1 aromatic heterocycles. The van der Waals surface area contributed by atoms with E-state index in [1.54, 1.807) is 0 Å². The monoisotopic (exact) mass is 406 g/mol. The van der Waals surface area contributed by atoms with Gasteiger partial charge < -0.3 is 19.2 Å². The third-order valence-corrected chi connectivity index (χ3v) is 6.46. The summed E-state index contributed by atoms with van der Waals surface area (Å²) in [6.45, 7) is 2.08. The summed E-state index contributed by atoms with van der Waals surface area (Å²) in [6.07, 6.45) is 3.56. The molecule has 3 heterocycles. The standard InChI is InChI=1S/C24H26N2O4/c1-16-25-21-12-18(10-11-22(21)30-16)24(28)13-19-8-5-9-20(14-24)26(19)23(27)29-15-17-6-3-2-4-7-17/h2-4,6-7,10-12,19-20,28H,5,8-9,13-15H2,1H3. The van der Waals surface area contributed by atoms with Crippen molar-refractivity contribution >= 4 is 17.2 Å². The van der Waals surface area contributed by atoms with Crippen molar-refractivity contribution in [2.45, 2.75) is 63.3 Å². The van der Waals surface area contributed by atoms with Gasteiger partial charge in [-0.15, -0.1) is 0 Å². The zero-order valence-electron chi connectivity index (χ0n) is 17.1. The lowest BCUT2D eigenvalue weighted by Crippen LogP contribution is -2.58. The van der Waals surface area contributed by atoms with E-state index in [1.165, 1.54) is 0 Å². The van der Waals surface area contributed by atoms with Gasteiger partial charge in [0.25, 0.3) is 0 Å². The van der Waals surface area contributed by atoms with Crippen LogP contribution in [-0.4, -0.2) is 33.2 Å². The predicted molar refractivity (Wildman–Crippen MR) is 112 cm³/mol. The molecule has 2 unspecified atom stereocenters. The van der Waals surface area contributed by atoms with Crippen LogP contribution < -0.4 is 0 Å². The number of aromatic nitrogens is 1. The quantitative estimate of drug-likeness (QED) is 0.684. The molecule has 0 spiro atoms. The van der Waals surface area contributed by atoms with Gasteiger partial charge in [-0.3, -0.25) is 0 Å². The molecule has 30 heavy (non-hydrogen) atoms. The molecule has 2 bridgehead atoms. The highest BCUT2D eigenvalue weighted by Gasteiger charge is 2.48. The second-order valence-corrected chi connectivity index (χ2v) is 8.54. The number of hydrogen-bond donors (Lipinski definition) is 1. The van der Waals surface area contributed by atoms with Crippen molar-refractivity contribution in [1.82, 2.24) is 9.88 Å². The van der Waals surface area contributed by atoms with Crippen molar-refractivity contribution in [1.29, 1.82) is 0 Å². The number of hydrogen-bond acceptors (Lipinski definition) is 5. The molecular weight excluding hydrogens is 380 g/mol. The van der Waals surface area contributed by atoms with E-state index in [0.29, 0.717) is 18.7 Å². The molecule has 3 aromatic rings. The van der Waals surface area contributed by atoms with Crippen molar-refractivity contribution in [3.63, 3.8) is 0 Å². The number of carbonyl (C=O) groups excluding carboxylic acids is 1. The average molecular weight is 406 g/mol. The van der Waals surface area contributed by atoms with Crippen molar-refractivity contribution < 1.29 is 19.1 Å². The Morgan fingerprint density at radius 3 is 2.67 bits per heavy atom. The molecule has 6 heteroatoms. The fourth-order valence-corrected chi connectivity index (χ4v) is 5.09. The maximum Gasteiger partial charge on any atom is 0.410 e.